The molecule has 0 radical (unpaired) electrons. The molecule has 140 valence electrons. The number of carboxylic acid groups (broad SMARTS) is 1. The maximum absolute atomic E-state index is 11.4. The molecule has 0 saturated heterocycles. The van der Waals surface area contributed by atoms with Crippen LogP contribution in [-0.2, 0) is 21.8 Å². The monoisotopic (exact) mass is 401 g/mol. The average molecular weight is 401 g/mol. The summed E-state index contributed by atoms with van der Waals surface area (Å²) < 4.78 is 46.7. The first-order valence-corrected chi connectivity index (χ1v) is 9.09. The highest BCUT2D eigenvalue weighted by atomic mass is 32.2. The topological polar surface area (TPSA) is 135 Å². The summed E-state index contributed by atoms with van der Waals surface area (Å²) in [6.07, 6.45) is 0. The molecule has 0 spiro atoms. The quantitative estimate of drug-likeness (QED) is 0.619. The fourth-order valence-electron chi connectivity index (χ4n) is 1.64. The number of carboxylic acids is 1. The van der Waals surface area contributed by atoms with Gasteiger partial charge in [0.1, 0.15) is 5.75 Å². The highest BCUT2D eigenvalue weighted by Crippen LogP contribution is 2.10. The zero-order valence-electron chi connectivity index (χ0n) is 13.3. The highest BCUT2D eigenvalue weighted by molar-refractivity contribution is 7.86. The number of nitrogens with zero attached hydrogens (tertiary/aromatic N) is 1. The number of methoxy groups -OCH3 is 1. The van der Waals surface area contributed by atoms with Crippen molar-refractivity contribution in [1.82, 2.24) is 3.71 Å². The standard InChI is InChI=1S/C8H8O3.C7H7NO5S2/c1-11-7-4-2-6(3-5-7)8(9)10;9-7(6-4-2-1-3-5-6)8(14(10)11)15(12)13/h2-5H,1H3,(H,9,10);1-5,14-15H. The molecule has 0 atom stereocenters. The lowest BCUT2D eigenvalue weighted by Gasteiger charge is -2.06. The molecule has 0 aliphatic rings. The number of hydrogen-bond acceptors (Lipinski definition) is 7. The first-order chi connectivity index (χ1) is 12.3. The van der Waals surface area contributed by atoms with Crippen LogP contribution in [0.2, 0.25) is 0 Å². The summed E-state index contributed by atoms with van der Waals surface area (Å²) in [5.41, 5.74) is 0.265. The Labute approximate surface area is 152 Å². The van der Waals surface area contributed by atoms with Crippen molar-refractivity contribution in [3.8, 4) is 5.75 Å². The minimum atomic E-state index is -3.48. The van der Waals surface area contributed by atoms with Gasteiger partial charge in [0.05, 0.1) is 12.7 Å². The van der Waals surface area contributed by atoms with Gasteiger partial charge in [0, 0.05) is 5.56 Å². The highest BCUT2D eigenvalue weighted by Gasteiger charge is 2.19. The molecule has 2 rings (SSSR count). The summed E-state index contributed by atoms with van der Waals surface area (Å²) in [5.74, 6) is -1.34. The second-order valence-electron chi connectivity index (χ2n) is 4.47. The summed E-state index contributed by atoms with van der Waals surface area (Å²) in [7, 11) is -5.42. The second-order valence-corrected chi connectivity index (χ2v) is 6.54. The summed E-state index contributed by atoms with van der Waals surface area (Å²) >= 11 is 0. The molecule has 9 nitrogen and oxygen atoms in total. The van der Waals surface area contributed by atoms with E-state index < -0.39 is 33.7 Å². The van der Waals surface area contributed by atoms with E-state index in [-0.39, 0.29) is 14.8 Å². The normalized spacial score (nSPS) is 9.96. The van der Waals surface area contributed by atoms with Gasteiger partial charge in [-0.05, 0) is 36.4 Å². The minimum absolute atomic E-state index is 0.00380. The van der Waals surface area contributed by atoms with Gasteiger partial charge < -0.3 is 9.84 Å². The largest absolute Gasteiger partial charge is 0.497 e. The fraction of sp³-hybridized carbons (Fsp3) is 0.0667. The van der Waals surface area contributed by atoms with Crippen molar-refractivity contribution in [1.29, 1.82) is 0 Å². The summed E-state index contributed by atoms with van der Waals surface area (Å²) in [6, 6.07) is 13.5. The molecular formula is C15H15NO8S2. The van der Waals surface area contributed by atoms with Crippen LogP contribution in [0.25, 0.3) is 0 Å². The molecule has 0 heterocycles. The number of ether oxygens (including phenoxy) is 1. The molecule has 1 N–H and O–H groups in total. The Morgan fingerprint density at radius 1 is 0.846 bits per heavy atom. The molecule has 2 aromatic carbocycles. The van der Waals surface area contributed by atoms with Gasteiger partial charge in [0.2, 0.25) is 21.8 Å². The fourth-order valence-corrected chi connectivity index (χ4v) is 2.64. The summed E-state index contributed by atoms with van der Waals surface area (Å²) in [5, 5.41) is 8.51. The van der Waals surface area contributed by atoms with E-state index in [1.165, 1.54) is 43.5 Å². The predicted molar refractivity (Wildman–Crippen MR) is 93.2 cm³/mol. The van der Waals surface area contributed by atoms with Crippen molar-refractivity contribution < 1.29 is 36.3 Å². The molecule has 0 fully saturated rings. The number of amides is 1. The van der Waals surface area contributed by atoms with Crippen LogP contribution in [-0.4, -0.2) is 44.6 Å². The van der Waals surface area contributed by atoms with Gasteiger partial charge in [0.25, 0.3) is 5.91 Å². The third-order valence-corrected chi connectivity index (χ3v) is 4.71. The molecule has 2 aromatic rings. The Morgan fingerprint density at radius 3 is 1.73 bits per heavy atom. The zero-order chi connectivity index (χ0) is 19.7. The van der Waals surface area contributed by atoms with E-state index in [1.54, 1.807) is 18.2 Å². The number of hydrogen-bond donors (Lipinski definition) is 3. The van der Waals surface area contributed by atoms with Crippen molar-refractivity contribution in [2.45, 2.75) is 0 Å². The van der Waals surface area contributed by atoms with E-state index >= 15 is 0 Å². The molecule has 0 saturated carbocycles. The maximum Gasteiger partial charge on any atom is 0.335 e. The maximum atomic E-state index is 11.4. The van der Waals surface area contributed by atoms with Crippen LogP contribution in [0.15, 0.2) is 54.6 Å². The summed E-state index contributed by atoms with van der Waals surface area (Å²) in [4.78, 5) is 21.7. The average Bonchev–Trinajstić information content (AvgIpc) is 2.62. The van der Waals surface area contributed by atoms with Crippen molar-refractivity contribution in [2.75, 3.05) is 7.11 Å². The van der Waals surface area contributed by atoms with Crippen LogP contribution in [0, 0.1) is 0 Å². The van der Waals surface area contributed by atoms with Gasteiger partial charge in [0.15, 0.2) is 0 Å². The van der Waals surface area contributed by atoms with Crippen LogP contribution in [0.4, 0.5) is 0 Å². The molecular weight excluding hydrogens is 386 g/mol. The van der Waals surface area contributed by atoms with Gasteiger partial charge >= 0.3 is 5.97 Å². The van der Waals surface area contributed by atoms with Crippen molar-refractivity contribution in [3.63, 3.8) is 0 Å². The van der Waals surface area contributed by atoms with Crippen LogP contribution in [0.1, 0.15) is 20.7 Å². The number of carbonyl (C=O) groups excluding carboxylic acids is 1. The van der Waals surface area contributed by atoms with E-state index in [9.17, 15) is 26.4 Å². The van der Waals surface area contributed by atoms with E-state index in [0.29, 0.717) is 5.75 Å². The van der Waals surface area contributed by atoms with Gasteiger partial charge in [-0.1, -0.05) is 18.2 Å². The Hall–Kier alpha value is -2.92. The van der Waals surface area contributed by atoms with Gasteiger partial charge in [-0.15, -0.1) is 3.71 Å². The molecule has 0 bridgehead atoms. The van der Waals surface area contributed by atoms with E-state index in [1.807, 2.05) is 0 Å². The van der Waals surface area contributed by atoms with E-state index in [0.717, 1.165) is 0 Å². The Bertz CT molecular complexity index is 867. The number of aromatic carboxylic acids is 1. The minimum Gasteiger partial charge on any atom is -0.497 e. The number of thiol groups is 2. The Morgan fingerprint density at radius 2 is 1.35 bits per heavy atom. The van der Waals surface area contributed by atoms with Gasteiger partial charge in [-0.3, -0.25) is 4.79 Å². The van der Waals surface area contributed by atoms with Crippen LogP contribution < -0.4 is 4.74 Å². The SMILES string of the molecule is COc1ccc(C(=O)O)cc1.O=C(c1ccccc1)N([SH](=O)=O)[SH](=O)=O. The van der Waals surface area contributed by atoms with E-state index in [2.05, 4.69) is 0 Å². The molecule has 0 aliphatic heterocycles. The van der Waals surface area contributed by atoms with Gasteiger partial charge in [-0.2, -0.15) is 0 Å². The molecule has 11 heteroatoms. The molecule has 1 amide bonds. The second kappa shape index (κ2) is 10.2. The first kappa shape index (κ1) is 21.1. The number of rotatable bonds is 5. The summed E-state index contributed by atoms with van der Waals surface area (Å²) in [6.45, 7) is 0. The Balaban J connectivity index is 0.000000273. The molecule has 0 aliphatic carbocycles. The Kier molecular flexibility index (Phi) is 8.25. The van der Waals surface area contributed by atoms with Crippen LogP contribution in [0.5, 0.6) is 5.75 Å². The van der Waals surface area contributed by atoms with Crippen LogP contribution in [0.3, 0.4) is 0 Å². The van der Waals surface area contributed by atoms with E-state index in [4.69, 9.17) is 9.84 Å². The third-order valence-electron chi connectivity index (χ3n) is 2.85. The van der Waals surface area contributed by atoms with Crippen molar-refractivity contribution in [2.24, 2.45) is 0 Å². The van der Waals surface area contributed by atoms with Crippen molar-refractivity contribution in [3.05, 3.63) is 65.7 Å². The lowest BCUT2D eigenvalue weighted by molar-refractivity contribution is 0.0696. The van der Waals surface area contributed by atoms with Crippen molar-refractivity contribution >= 4 is 33.7 Å². The smallest absolute Gasteiger partial charge is 0.335 e. The molecule has 0 unspecified atom stereocenters. The van der Waals surface area contributed by atoms with Gasteiger partial charge in [-0.25, -0.2) is 21.6 Å². The number of benzene rings is 2. The predicted octanol–water partition coefficient (Wildman–Crippen LogP) is 0.575. The molecule has 26 heavy (non-hydrogen) atoms. The molecule has 0 aromatic heterocycles. The zero-order valence-corrected chi connectivity index (χ0v) is 15.1. The first-order valence-electron chi connectivity index (χ1n) is 6.83. The lowest BCUT2D eigenvalue weighted by Crippen LogP contribution is -2.27. The lowest BCUT2D eigenvalue weighted by atomic mass is 10.2. The third kappa shape index (κ3) is 6.18. The van der Waals surface area contributed by atoms with Crippen LogP contribution >= 0.6 is 0 Å². The number of carbonyl (C=O) groups is 2.